The number of aryl methyl sites for hydroxylation is 2. The van der Waals surface area contributed by atoms with Crippen molar-refractivity contribution in [2.75, 3.05) is 26.2 Å². The van der Waals surface area contributed by atoms with E-state index in [-0.39, 0.29) is 18.0 Å². The molecule has 0 atom stereocenters. The zero-order valence-corrected chi connectivity index (χ0v) is 17.5. The Hall–Kier alpha value is -2.89. The van der Waals surface area contributed by atoms with Gasteiger partial charge in [0.25, 0.3) is 5.69 Å². The molecule has 0 N–H and O–H groups in total. The molecular weight excluding hydrogens is 408 g/mol. The normalized spacial score (nSPS) is 16.2. The summed E-state index contributed by atoms with van der Waals surface area (Å²) in [4.78, 5) is 17.0. The highest BCUT2D eigenvalue weighted by Crippen LogP contribution is 2.27. The van der Waals surface area contributed by atoms with E-state index in [0.29, 0.717) is 19.6 Å². The average molecular weight is 430 g/mol. The summed E-state index contributed by atoms with van der Waals surface area (Å²) >= 11 is 0. The zero-order valence-electron chi connectivity index (χ0n) is 16.7. The lowest BCUT2D eigenvalue weighted by atomic mass is 10.2. The minimum Gasteiger partial charge on any atom is -0.296 e. The van der Waals surface area contributed by atoms with Crippen molar-refractivity contribution >= 4 is 26.7 Å². The van der Waals surface area contributed by atoms with Crippen molar-refractivity contribution in [3.05, 3.63) is 57.9 Å². The van der Waals surface area contributed by atoms with Crippen molar-refractivity contribution in [1.29, 1.82) is 0 Å². The number of fused-ring (bicyclic) bond motifs is 1. The molecule has 0 amide bonds. The molecule has 1 aliphatic heterocycles. The Bertz CT molecular complexity index is 1210. The molecular formula is C19H22N6O4S. The molecule has 0 aliphatic carbocycles. The van der Waals surface area contributed by atoms with Crippen molar-refractivity contribution in [1.82, 2.24) is 24.0 Å². The van der Waals surface area contributed by atoms with Gasteiger partial charge in [0, 0.05) is 57.4 Å². The molecule has 1 aliphatic rings. The van der Waals surface area contributed by atoms with E-state index < -0.39 is 20.6 Å². The van der Waals surface area contributed by atoms with Crippen LogP contribution in [0.1, 0.15) is 11.3 Å². The minimum atomic E-state index is -3.92. The number of sulfonamides is 1. The quantitative estimate of drug-likeness (QED) is 0.447. The average Bonchev–Trinajstić information content (AvgIpc) is 3.01. The van der Waals surface area contributed by atoms with Crippen LogP contribution < -0.4 is 0 Å². The molecule has 10 nitrogen and oxygen atoms in total. The Morgan fingerprint density at radius 1 is 1.17 bits per heavy atom. The van der Waals surface area contributed by atoms with Gasteiger partial charge < -0.3 is 0 Å². The summed E-state index contributed by atoms with van der Waals surface area (Å²) in [5.41, 5.74) is 2.39. The topological polar surface area (TPSA) is 114 Å². The fraction of sp³-hybridized carbons (Fsp3) is 0.368. The molecule has 30 heavy (non-hydrogen) atoms. The van der Waals surface area contributed by atoms with E-state index in [1.807, 2.05) is 20.2 Å². The molecule has 1 aromatic carbocycles. The van der Waals surface area contributed by atoms with Crippen LogP contribution >= 0.6 is 0 Å². The van der Waals surface area contributed by atoms with Gasteiger partial charge in [-0.2, -0.15) is 9.40 Å². The first-order valence-corrected chi connectivity index (χ1v) is 11.0. The SMILES string of the molecule is Cc1nn(C)c2ncc(CN3CCN(S(=O)(=O)c4ccccc4[N+](=O)[O-])CC3)cc12. The molecule has 3 aromatic rings. The molecule has 0 saturated carbocycles. The Balaban J connectivity index is 1.46. The number of nitro groups is 1. The lowest BCUT2D eigenvalue weighted by Crippen LogP contribution is -2.48. The van der Waals surface area contributed by atoms with Crippen LogP contribution in [0, 0.1) is 17.0 Å². The molecule has 0 radical (unpaired) electrons. The van der Waals surface area contributed by atoms with Gasteiger partial charge in [-0.3, -0.25) is 19.7 Å². The van der Waals surface area contributed by atoms with Crippen LogP contribution in [0.2, 0.25) is 0 Å². The van der Waals surface area contributed by atoms with Crippen LogP contribution in [0.25, 0.3) is 11.0 Å². The summed E-state index contributed by atoms with van der Waals surface area (Å²) in [6.45, 7) is 4.20. The number of benzene rings is 1. The van der Waals surface area contributed by atoms with E-state index in [0.717, 1.165) is 22.3 Å². The highest BCUT2D eigenvalue weighted by Gasteiger charge is 2.33. The van der Waals surface area contributed by atoms with Gasteiger partial charge in [0.15, 0.2) is 10.5 Å². The molecule has 0 unspecified atom stereocenters. The van der Waals surface area contributed by atoms with Crippen LogP contribution in [0.3, 0.4) is 0 Å². The monoisotopic (exact) mass is 430 g/mol. The molecule has 11 heteroatoms. The second-order valence-corrected chi connectivity index (χ2v) is 9.24. The van der Waals surface area contributed by atoms with E-state index in [2.05, 4.69) is 21.0 Å². The maximum atomic E-state index is 12.9. The number of nitro benzene ring substituents is 1. The van der Waals surface area contributed by atoms with Crippen LogP contribution in [0.15, 0.2) is 41.4 Å². The van der Waals surface area contributed by atoms with Gasteiger partial charge >= 0.3 is 0 Å². The Kier molecular flexibility index (Phi) is 5.26. The number of rotatable bonds is 5. The summed E-state index contributed by atoms with van der Waals surface area (Å²) in [7, 11) is -2.06. The van der Waals surface area contributed by atoms with Crippen molar-refractivity contribution < 1.29 is 13.3 Å². The van der Waals surface area contributed by atoms with Gasteiger partial charge in [-0.05, 0) is 24.6 Å². The summed E-state index contributed by atoms with van der Waals surface area (Å²) < 4.78 is 29.0. The van der Waals surface area contributed by atoms with Gasteiger partial charge in [-0.25, -0.2) is 13.4 Å². The number of hydrogen-bond donors (Lipinski definition) is 0. The number of pyridine rings is 1. The van der Waals surface area contributed by atoms with Crippen LogP contribution in [0.5, 0.6) is 0 Å². The van der Waals surface area contributed by atoms with Gasteiger partial charge in [0.2, 0.25) is 10.0 Å². The van der Waals surface area contributed by atoms with Crippen LogP contribution in [-0.2, 0) is 23.6 Å². The van der Waals surface area contributed by atoms with Crippen LogP contribution in [0.4, 0.5) is 5.69 Å². The van der Waals surface area contributed by atoms with E-state index in [4.69, 9.17) is 0 Å². The molecule has 1 saturated heterocycles. The summed E-state index contributed by atoms with van der Waals surface area (Å²) in [5.74, 6) is 0. The molecule has 4 rings (SSSR count). The predicted octanol–water partition coefficient (Wildman–Crippen LogP) is 1.69. The molecule has 3 heterocycles. The molecule has 1 fully saturated rings. The van der Waals surface area contributed by atoms with Crippen molar-refractivity contribution in [2.24, 2.45) is 7.05 Å². The highest BCUT2D eigenvalue weighted by atomic mass is 32.2. The van der Waals surface area contributed by atoms with E-state index in [9.17, 15) is 18.5 Å². The van der Waals surface area contributed by atoms with E-state index >= 15 is 0 Å². The predicted molar refractivity (Wildman–Crippen MR) is 110 cm³/mol. The third-order valence-electron chi connectivity index (χ3n) is 5.34. The highest BCUT2D eigenvalue weighted by molar-refractivity contribution is 7.89. The van der Waals surface area contributed by atoms with Crippen molar-refractivity contribution in [3.63, 3.8) is 0 Å². The summed E-state index contributed by atoms with van der Waals surface area (Å²) in [5, 5.41) is 16.6. The third kappa shape index (κ3) is 3.66. The van der Waals surface area contributed by atoms with Gasteiger partial charge in [-0.15, -0.1) is 0 Å². The Labute approximate surface area is 173 Å². The van der Waals surface area contributed by atoms with Crippen molar-refractivity contribution in [2.45, 2.75) is 18.4 Å². The molecule has 0 bridgehead atoms. The maximum Gasteiger partial charge on any atom is 0.289 e. The van der Waals surface area contributed by atoms with E-state index in [1.165, 1.54) is 28.6 Å². The van der Waals surface area contributed by atoms with E-state index in [1.54, 1.807) is 4.68 Å². The molecule has 158 valence electrons. The number of para-hydroxylation sites is 1. The second kappa shape index (κ2) is 7.74. The Morgan fingerprint density at radius 3 is 2.57 bits per heavy atom. The number of aromatic nitrogens is 3. The third-order valence-corrected chi connectivity index (χ3v) is 7.28. The first-order valence-electron chi connectivity index (χ1n) is 9.51. The molecule has 2 aromatic heterocycles. The van der Waals surface area contributed by atoms with Crippen LogP contribution in [-0.4, -0.2) is 63.5 Å². The fourth-order valence-electron chi connectivity index (χ4n) is 3.79. The first-order chi connectivity index (χ1) is 14.3. The zero-order chi connectivity index (χ0) is 21.5. The summed E-state index contributed by atoms with van der Waals surface area (Å²) in [6.07, 6.45) is 1.82. The lowest BCUT2D eigenvalue weighted by molar-refractivity contribution is -0.387. The number of piperazine rings is 1. The minimum absolute atomic E-state index is 0.259. The second-order valence-electron chi connectivity index (χ2n) is 7.33. The first kappa shape index (κ1) is 20.4. The van der Waals surface area contributed by atoms with Gasteiger partial charge in [-0.1, -0.05) is 12.1 Å². The Morgan fingerprint density at radius 2 is 1.87 bits per heavy atom. The number of nitrogens with zero attached hydrogens (tertiary/aromatic N) is 6. The standard InChI is InChI=1S/C19H22N6O4S/c1-14-16-11-15(12-20-19(16)22(2)21-14)13-23-7-9-24(10-8-23)30(28,29)18-6-4-3-5-17(18)25(26)27/h3-6,11-12H,7-10,13H2,1-2H3. The van der Waals surface area contributed by atoms with Gasteiger partial charge in [0.05, 0.1) is 10.6 Å². The lowest BCUT2D eigenvalue weighted by Gasteiger charge is -2.33. The fourth-order valence-corrected chi connectivity index (χ4v) is 5.37. The van der Waals surface area contributed by atoms with Crippen molar-refractivity contribution in [3.8, 4) is 0 Å². The number of hydrogen-bond acceptors (Lipinski definition) is 7. The maximum absolute atomic E-state index is 12.9. The summed E-state index contributed by atoms with van der Waals surface area (Å²) in [6, 6.07) is 7.54. The largest absolute Gasteiger partial charge is 0.296 e. The molecule has 0 spiro atoms. The smallest absolute Gasteiger partial charge is 0.289 e. The van der Waals surface area contributed by atoms with Gasteiger partial charge in [0.1, 0.15) is 0 Å².